The minimum absolute atomic E-state index is 0.0407. The molecular weight excluding hydrogens is 774 g/mol. The molecular formula is C58H64ClN3. The lowest BCUT2D eigenvalue weighted by atomic mass is 9.86. The highest BCUT2D eigenvalue weighted by molar-refractivity contribution is 6.37. The molecule has 318 valence electrons. The van der Waals surface area contributed by atoms with Gasteiger partial charge >= 0.3 is 0 Å². The zero-order valence-electron chi connectivity index (χ0n) is 53.6. The molecule has 0 spiro atoms. The molecule has 0 atom stereocenters. The van der Waals surface area contributed by atoms with Gasteiger partial charge in [0.25, 0.3) is 0 Å². The molecule has 0 aliphatic rings. The van der Waals surface area contributed by atoms with Gasteiger partial charge in [0.15, 0.2) is 0 Å². The van der Waals surface area contributed by atoms with Gasteiger partial charge in [-0.1, -0.05) is 179 Å². The van der Waals surface area contributed by atoms with Crippen LogP contribution in [-0.2, 0) is 21.7 Å². The van der Waals surface area contributed by atoms with Crippen molar-refractivity contribution in [3.8, 4) is 0 Å². The Morgan fingerprint density at radius 3 is 0.790 bits per heavy atom. The summed E-state index contributed by atoms with van der Waals surface area (Å²) in [6.07, 6.45) is 0. The van der Waals surface area contributed by atoms with Gasteiger partial charge < -0.3 is 14.7 Å². The Morgan fingerprint density at radius 1 is 0.323 bits per heavy atom. The summed E-state index contributed by atoms with van der Waals surface area (Å²) < 4.78 is 154. The average molecular weight is 855 g/mol. The zero-order valence-corrected chi connectivity index (χ0v) is 38.4. The third kappa shape index (κ3) is 9.64. The largest absolute Gasteiger partial charge is 0.310 e. The fourth-order valence-electron chi connectivity index (χ4n) is 6.51. The van der Waals surface area contributed by atoms with Crippen LogP contribution in [0.5, 0.6) is 0 Å². The minimum atomic E-state index is -0.950. The molecule has 0 radical (unpaired) electrons. The van der Waals surface area contributed by atoms with Crippen molar-refractivity contribution in [2.45, 2.75) is 105 Å². The van der Waals surface area contributed by atoms with Crippen molar-refractivity contribution in [2.24, 2.45) is 0 Å². The van der Waals surface area contributed by atoms with Gasteiger partial charge in [-0.25, -0.2) is 0 Å². The van der Waals surface area contributed by atoms with Gasteiger partial charge in [-0.2, -0.15) is 0 Å². The Morgan fingerprint density at radius 2 is 0.565 bits per heavy atom. The van der Waals surface area contributed by atoms with E-state index in [0.29, 0.717) is 11.4 Å². The molecule has 0 amide bonds. The monoisotopic (exact) mass is 854 g/mol. The van der Waals surface area contributed by atoms with Crippen LogP contribution in [0, 0.1) is 0 Å². The van der Waals surface area contributed by atoms with E-state index < -0.39 is 146 Å². The topological polar surface area (TPSA) is 9.72 Å². The van der Waals surface area contributed by atoms with Crippen molar-refractivity contribution in [1.82, 2.24) is 0 Å². The van der Waals surface area contributed by atoms with Gasteiger partial charge in [-0.3, -0.25) is 0 Å². The van der Waals surface area contributed by atoms with Crippen LogP contribution in [0.15, 0.2) is 169 Å². The van der Waals surface area contributed by atoms with Crippen LogP contribution < -0.4 is 14.7 Å². The van der Waals surface area contributed by atoms with Crippen LogP contribution in [0.4, 0.5) is 51.2 Å². The molecule has 0 fully saturated rings. The first-order valence-corrected chi connectivity index (χ1v) is 21.1. The molecule has 0 unspecified atom stereocenters. The maximum atomic E-state index is 9.81. The molecule has 0 saturated heterocycles. The molecule has 0 aliphatic heterocycles. The summed E-state index contributed by atoms with van der Waals surface area (Å²) in [5, 5.41) is -0.471. The smallest absolute Gasteiger partial charge is 0.0888 e. The third-order valence-corrected chi connectivity index (χ3v) is 10.5. The van der Waals surface area contributed by atoms with Gasteiger partial charge in [0.05, 0.1) is 44.0 Å². The number of halogens is 1. The van der Waals surface area contributed by atoms with Crippen molar-refractivity contribution in [3.63, 3.8) is 0 Å². The van der Waals surface area contributed by atoms with Crippen LogP contribution in [-0.4, -0.2) is 0 Å². The third-order valence-electron chi connectivity index (χ3n) is 10.1. The van der Waals surface area contributed by atoms with Crippen molar-refractivity contribution < 1.29 is 21.9 Å². The van der Waals surface area contributed by atoms with E-state index in [1.807, 2.05) is 0 Å². The zero-order chi connectivity index (χ0) is 58.5. The first kappa shape index (κ1) is 28.0. The molecule has 7 aromatic rings. The number of para-hydroxylation sites is 2. The van der Waals surface area contributed by atoms with Crippen molar-refractivity contribution in [2.75, 3.05) is 14.7 Å². The fraction of sp³-hybridized carbons (Fsp3) is 0.276. The highest BCUT2D eigenvalue weighted by Crippen LogP contribution is 2.51. The second-order valence-corrected chi connectivity index (χ2v) is 19.7. The fourth-order valence-corrected chi connectivity index (χ4v) is 6.79. The molecule has 0 N–H and O–H groups in total. The quantitative estimate of drug-likeness (QED) is 0.143. The first-order valence-electron chi connectivity index (χ1n) is 28.7. The Balaban J connectivity index is 1.86. The Labute approximate surface area is 400 Å². The van der Waals surface area contributed by atoms with E-state index in [1.165, 1.54) is 12.1 Å². The van der Waals surface area contributed by atoms with Crippen LogP contribution in [0.3, 0.4) is 0 Å². The Kier molecular flexibility index (Phi) is 7.77. The Hall–Kier alpha value is -5.77. The van der Waals surface area contributed by atoms with Crippen molar-refractivity contribution >= 4 is 62.8 Å². The van der Waals surface area contributed by atoms with Gasteiger partial charge in [0.1, 0.15) is 0 Å². The predicted molar refractivity (Wildman–Crippen MR) is 270 cm³/mol. The van der Waals surface area contributed by atoms with Crippen molar-refractivity contribution in [3.05, 3.63) is 197 Å². The average Bonchev–Trinajstić information content (AvgIpc) is 3.46. The van der Waals surface area contributed by atoms with Crippen LogP contribution in [0.1, 0.15) is 127 Å². The second kappa shape index (κ2) is 17.2. The molecule has 0 saturated carbocycles. The summed E-state index contributed by atoms with van der Waals surface area (Å²) in [5.41, 5.74) is -5.24. The van der Waals surface area contributed by atoms with E-state index in [0.717, 1.165) is 9.80 Å². The van der Waals surface area contributed by atoms with E-state index in [4.69, 9.17) is 11.6 Å². The summed E-state index contributed by atoms with van der Waals surface area (Å²) >= 11 is 7.95. The molecule has 0 aliphatic carbocycles. The van der Waals surface area contributed by atoms with Crippen LogP contribution in [0.2, 0.25) is 5.02 Å². The molecule has 7 aromatic carbocycles. The number of anilines is 9. The number of nitrogens with zero attached hydrogens (tertiary/aromatic N) is 3. The second-order valence-electron chi connectivity index (χ2n) is 19.4. The highest BCUT2D eigenvalue weighted by Gasteiger charge is 2.28. The van der Waals surface area contributed by atoms with E-state index in [-0.39, 0.29) is 39.3 Å². The maximum absolute atomic E-state index is 9.81. The maximum Gasteiger partial charge on any atom is 0.0888 e. The highest BCUT2D eigenvalue weighted by atomic mass is 35.5. The van der Waals surface area contributed by atoms with Gasteiger partial charge in [0, 0.05) is 34.1 Å². The number of hydrogen-bond donors (Lipinski definition) is 0. The minimum Gasteiger partial charge on any atom is -0.310 e. The number of rotatable bonds is 9. The summed E-state index contributed by atoms with van der Waals surface area (Å²) in [6, 6.07) is 11.9. The van der Waals surface area contributed by atoms with Gasteiger partial charge in [-0.05, 0) is 129 Å². The molecule has 7 rings (SSSR count). The lowest BCUT2D eigenvalue weighted by molar-refractivity contribution is 0.590. The molecule has 62 heavy (non-hydrogen) atoms. The van der Waals surface area contributed by atoms with Crippen LogP contribution in [0.25, 0.3) is 0 Å². The molecule has 0 bridgehead atoms. The number of benzene rings is 7. The lowest BCUT2D eigenvalue weighted by Crippen LogP contribution is -2.18. The van der Waals surface area contributed by atoms with E-state index in [9.17, 15) is 21.9 Å². The van der Waals surface area contributed by atoms with Crippen LogP contribution >= 0.6 is 11.6 Å². The SMILES string of the molecule is [2H]c1c([2H])c(C(C)(C)C)c([2H])c([2H])c1N(c1cc(N(c2ccccc2)c2ccccc2)cc(N(c2c([2H])c([2H])c(C(C)(C)C)c([2H])c2[2H])c2c([2H])c([2H])c(C(C)(C)C)c([2H])c2[2H])c1Cl)c1c([2H])c([2H])c(C(C)(C)C)c([2H])c1[2H]. The summed E-state index contributed by atoms with van der Waals surface area (Å²) in [5.74, 6) is 0. The predicted octanol–water partition coefficient (Wildman–Crippen LogP) is 17.9. The molecule has 4 heteroatoms. The van der Waals surface area contributed by atoms with Gasteiger partial charge in [0.2, 0.25) is 0 Å². The summed E-state index contributed by atoms with van der Waals surface area (Å²) in [6.45, 7) is 20.7. The van der Waals surface area contributed by atoms with Crippen molar-refractivity contribution in [1.29, 1.82) is 0 Å². The first-order chi connectivity index (χ1) is 35.9. The number of hydrogen-bond acceptors (Lipinski definition) is 3. The Bertz CT molecular complexity index is 3040. The van der Waals surface area contributed by atoms with E-state index in [1.54, 1.807) is 149 Å². The van der Waals surface area contributed by atoms with Gasteiger partial charge in [-0.15, -0.1) is 0 Å². The lowest BCUT2D eigenvalue weighted by Gasteiger charge is -2.34. The summed E-state index contributed by atoms with van der Waals surface area (Å²) in [4.78, 5) is 3.83. The standard InChI is InChI=1S/C58H64ClN3/c1-55(2,3)41-23-31-47(32-24-41)61(48-33-25-42(26-34-48)56(4,5)6)52-39-51(60(45-19-15-13-16-20-45)46-21-17-14-18-22-46)40-53(54(52)59)62(49-35-27-43(28-36-49)57(7,8)9)50-37-29-44(30-38-50)58(10,11)12/h13-40H,1-12H3/i23D,24D,25D,26D,27D,28D,29D,30D,31D,32D,33D,34D,35D,36D,37D,38D. The normalized spacial score (nSPS) is 15.9. The molecule has 3 nitrogen and oxygen atoms in total. The van der Waals surface area contributed by atoms with E-state index in [2.05, 4.69) is 0 Å². The molecule has 0 heterocycles. The van der Waals surface area contributed by atoms with E-state index >= 15 is 0 Å². The molecule has 0 aromatic heterocycles. The summed E-state index contributed by atoms with van der Waals surface area (Å²) in [7, 11) is 0.